The number of carbonyl (C=O) groups is 1. The van der Waals surface area contributed by atoms with Crippen molar-refractivity contribution in [1.29, 1.82) is 0 Å². The molecule has 1 unspecified atom stereocenters. The van der Waals surface area contributed by atoms with E-state index in [0.29, 0.717) is 12.5 Å². The summed E-state index contributed by atoms with van der Waals surface area (Å²) in [6.45, 7) is 1.72. The van der Waals surface area contributed by atoms with E-state index in [9.17, 15) is 28.1 Å². The van der Waals surface area contributed by atoms with Gasteiger partial charge in [0.05, 0.1) is 21.9 Å². The number of nitro benzene ring substituents is 1. The molecule has 0 amide bonds. The number of hydrogen-bond acceptors (Lipinski definition) is 5. The smallest absolute Gasteiger partial charge is 0.416 e. The van der Waals surface area contributed by atoms with Gasteiger partial charge in [0.1, 0.15) is 17.2 Å². The average molecular weight is 433 g/mol. The molecule has 0 aromatic heterocycles. The number of carboxylic acids is 1. The zero-order valence-corrected chi connectivity index (χ0v) is 15.8. The van der Waals surface area contributed by atoms with E-state index in [4.69, 9.17) is 21.4 Å². The molecule has 11 heteroatoms. The number of nitrogens with one attached hydrogen (secondary N) is 1. The second-order valence-electron chi connectivity index (χ2n) is 6.03. The molecule has 0 aliphatic heterocycles. The van der Waals surface area contributed by atoms with E-state index in [1.165, 1.54) is 12.1 Å². The first-order valence-electron chi connectivity index (χ1n) is 8.32. The highest BCUT2D eigenvalue weighted by Gasteiger charge is 2.31. The number of anilines is 1. The van der Waals surface area contributed by atoms with Crippen molar-refractivity contribution in [2.75, 3.05) is 5.32 Å². The van der Waals surface area contributed by atoms with Crippen LogP contribution >= 0.6 is 11.6 Å². The Morgan fingerprint density at radius 2 is 2.00 bits per heavy atom. The largest absolute Gasteiger partial charge is 0.481 e. The molecule has 0 saturated heterocycles. The van der Waals surface area contributed by atoms with Crippen molar-refractivity contribution < 1.29 is 32.7 Å². The van der Waals surface area contributed by atoms with E-state index in [1.807, 2.05) is 0 Å². The summed E-state index contributed by atoms with van der Waals surface area (Å²) in [6, 6.07) is 5.64. The van der Waals surface area contributed by atoms with Gasteiger partial charge in [-0.1, -0.05) is 18.5 Å². The number of nitrogens with zero attached hydrogens (tertiary/aromatic N) is 1. The van der Waals surface area contributed by atoms with Crippen LogP contribution in [0.15, 0.2) is 36.4 Å². The van der Waals surface area contributed by atoms with E-state index >= 15 is 0 Å². The monoisotopic (exact) mass is 432 g/mol. The average Bonchev–Trinajstić information content (AvgIpc) is 2.61. The van der Waals surface area contributed by atoms with Crippen molar-refractivity contribution in [3.8, 4) is 11.5 Å². The molecular weight excluding hydrogens is 417 g/mol. The van der Waals surface area contributed by atoms with E-state index in [1.54, 1.807) is 6.92 Å². The minimum absolute atomic E-state index is 0.0173. The van der Waals surface area contributed by atoms with Crippen molar-refractivity contribution >= 4 is 28.9 Å². The highest BCUT2D eigenvalue weighted by molar-refractivity contribution is 6.32. The fourth-order valence-electron chi connectivity index (χ4n) is 2.47. The van der Waals surface area contributed by atoms with Gasteiger partial charge in [0.25, 0.3) is 5.69 Å². The lowest BCUT2D eigenvalue weighted by Gasteiger charge is -2.17. The summed E-state index contributed by atoms with van der Waals surface area (Å²) in [6.07, 6.45) is -4.44. The van der Waals surface area contributed by atoms with E-state index in [-0.39, 0.29) is 34.3 Å². The SMILES string of the molecule is CCC(CC(=O)O)Nc1cc(Oc2ccc(C(F)(F)F)cc2Cl)ccc1[N+](=O)[O-]. The molecule has 0 fully saturated rings. The van der Waals surface area contributed by atoms with Crippen molar-refractivity contribution in [2.24, 2.45) is 0 Å². The minimum atomic E-state index is -4.56. The third kappa shape index (κ3) is 5.98. The molecular formula is C18H16ClF3N2O5. The first kappa shape index (κ1) is 22.3. The molecule has 0 aliphatic rings. The number of rotatable bonds is 8. The van der Waals surface area contributed by atoms with Crippen molar-refractivity contribution in [1.82, 2.24) is 0 Å². The summed E-state index contributed by atoms with van der Waals surface area (Å²) in [5, 5.41) is 22.7. The van der Waals surface area contributed by atoms with Gasteiger partial charge in [-0.15, -0.1) is 0 Å². The Bertz CT molecular complexity index is 921. The van der Waals surface area contributed by atoms with Gasteiger partial charge < -0.3 is 15.2 Å². The van der Waals surface area contributed by atoms with Crippen LogP contribution in [0.4, 0.5) is 24.5 Å². The lowest BCUT2D eigenvalue weighted by Crippen LogP contribution is -2.22. The van der Waals surface area contributed by atoms with Gasteiger partial charge in [0.2, 0.25) is 0 Å². The Labute approximate surface area is 168 Å². The molecule has 29 heavy (non-hydrogen) atoms. The highest BCUT2D eigenvalue weighted by Crippen LogP contribution is 2.38. The Morgan fingerprint density at radius 1 is 1.31 bits per heavy atom. The van der Waals surface area contributed by atoms with E-state index in [0.717, 1.165) is 18.2 Å². The highest BCUT2D eigenvalue weighted by atomic mass is 35.5. The Kier molecular flexibility index (Phi) is 6.91. The zero-order valence-electron chi connectivity index (χ0n) is 15.0. The fraction of sp³-hybridized carbons (Fsp3) is 0.278. The van der Waals surface area contributed by atoms with Crippen LogP contribution in [-0.4, -0.2) is 22.0 Å². The Balaban J connectivity index is 2.33. The summed E-state index contributed by atoms with van der Waals surface area (Å²) < 4.78 is 43.7. The predicted molar refractivity (Wildman–Crippen MR) is 99.6 cm³/mol. The van der Waals surface area contributed by atoms with Crippen LogP contribution in [0.3, 0.4) is 0 Å². The number of ether oxygens (including phenoxy) is 1. The van der Waals surface area contributed by atoms with Gasteiger partial charge in [0, 0.05) is 18.2 Å². The summed E-state index contributed by atoms with van der Waals surface area (Å²) in [4.78, 5) is 21.5. The number of alkyl halides is 3. The first-order valence-corrected chi connectivity index (χ1v) is 8.70. The quantitative estimate of drug-likeness (QED) is 0.408. The van der Waals surface area contributed by atoms with Crippen molar-refractivity contribution in [2.45, 2.75) is 32.0 Å². The van der Waals surface area contributed by atoms with Crippen molar-refractivity contribution in [3.63, 3.8) is 0 Å². The normalized spacial score (nSPS) is 12.3. The number of aliphatic carboxylic acids is 1. The van der Waals surface area contributed by atoms with Crippen LogP contribution in [0.25, 0.3) is 0 Å². The molecule has 0 heterocycles. The maximum absolute atomic E-state index is 12.7. The third-order valence-electron chi connectivity index (χ3n) is 3.93. The molecule has 0 radical (unpaired) electrons. The minimum Gasteiger partial charge on any atom is -0.481 e. The lowest BCUT2D eigenvalue weighted by atomic mass is 10.1. The first-order chi connectivity index (χ1) is 13.5. The van der Waals surface area contributed by atoms with Crippen LogP contribution in [-0.2, 0) is 11.0 Å². The summed E-state index contributed by atoms with van der Waals surface area (Å²) in [7, 11) is 0. The van der Waals surface area contributed by atoms with Crippen LogP contribution in [0.1, 0.15) is 25.3 Å². The van der Waals surface area contributed by atoms with Gasteiger partial charge in [-0.25, -0.2) is 0 Å². The Hall–Kier alpha value is -3.01. The van der Waals surface area contributed by atoms with Gasteiger partial charge in [-0.2, -0.15) is 13.2 Å². The third-order valence-corrected chi connectivity index (χ3v) is 4.22. The molecule has 0 bridgehead atoms. The summed E-state index contributed by atoms with van der Waals surface area (Å²) >= 11 is 5.86. The van der Waals surface area contributed by atoms with Crippen molar-refractivity contribution in [3.05, 3.63) is 57.1 Å². The van der Waals surface area contributed by atoms with Crippen LogP contribution < -0.4 is 10.1 Å². The molecule has 0 aliphatic carbocycles. The summed E-state index contributed by atoms with van der Waals surface area (Å²) in [5.41, 5.74) is -1.23. The Morgan fingerprint density at radius 3 is 2.52 bits per heavy atom. The molecule has 2 rings (SSSR count). The molecule has 1 atom stereocenters. The standard InChI is InChI=1S/C18H16ClF3N2O5/c1-2-11(8-17(25)26)23-14-9-12(4-5-15(14)24(27)28)29-16-6-3-10(7-13(16)19)18(20,21)22/h3-7,9,11,23H,2,8H2,1H3,(H,25,26). The molecule has 2 aromatic rings. The van der Waals surface area contributed by atoms with Gasteiger partial charge in [-0.05, 0) is 30.7 Å². The zero-order chi connectivity index (χ0) is 21.8. The number of benzene rings is 2. The summed E-state index contributed by atoms with van der Waals surface area (Å²) in [5.74, 6) is -1.07. The number of halogens is 4. The fourth-order valence-corrected chi connectivity index (χ4v) is 2.69. The lowest BCUT2D eigenvalue weighted by molar-refractivity contribution is -0.384. The van der Waals surface area contributed by atoms with Gasteiger partial charge in [-0.3, -0.25) is 14.9 Å². The molecule has 0 spiro atoms. The second kappa shape index (κ2) is 8.99. The predicted octanol–water partition coefficient (Wildman–Crippen LogP) is 5.72. The number of nitro groups is 1. The molecule has 0 saturated carbocycles. The number of hydrogen-bond donors (Lipinski definition) is 2. The number of carboxylic acid groups (broad SMARTS) is 1. The van der Waals surface area contributed by atoms with E-state index < -0.39 is 28.7 Å². The maximum Gasteiger partial charge on any atom is 0.416 e. The topological polar surface area (TPSA) is 102 Å². The van der Waals surface area contributed by atoms with E-state index in [2.05, 4.69) is 5.32 Å². The van der Waals surface area contributed by atoms with Gasteiger partial charge >= 0.3 is 12.1 Å². The maximum atomic E-state index is 12.7. The van der Waals surface area contributed by atoms with Crippen LogP contribution in [0.2, 0.25) is 5.02 Å². The van der Waals surface area contributed by atoms with Crippen LogP contribution in [0.5, 0.6) is 11.5 Å². The van der Waals surface area contributed by atoms with Gasteiger partial charge in [0.15, 0.2) is 0 Å². The molecule has 156 valence electrons. The second-order valence-corrected chi connectivity index (χ2v) is 6.44. The molecule has 2 aromatic carbocycles. The molecule has 7 nitrogen and oxygen atoms in total. The molecule has 2 N–H and O–H groups in total. The van der Waals surface area contributed by atoms with Crippen LogP contribution in [0, 0.1) is 10.1 Å².